The molecule has 0 aliphatic carbocycles. The number of hydrogen-bond donors (Lipinski definition) is 1. The second-order valence-corrected chi connectivity index (χ2v) is 3.91. The zero-order chi connectivity index (χ0) is 10.6. The van der Waals surface area contributed by atoms with Crippen molar-refractivity contribution in [2.45, 2.75) is 25.3 Å². The second kappa shape index (κ2) is 5.01. The number of carbonyl (C=O) groups is 1. The predicted molar refractivity (Wildman–Crippen MR) is 58.3 cm³/mol. The number of amides is 1. The molecule has 1 rings (SSSR count). The smallest absolute Gasteiger partial charge is 0.238 e. The van der Waals surface area contributed by atoms with Crippen LogP contribution in [0.15, 0.2) is 30.3 Å². The van der Waals surface area contributed by atoms with Crippen LogP contribution in [0.25, 0.3) is 0 Å². The Hall–Kier alpha value is -1.02. The maximum Gasteiger partial charge on any atom is 0.238 e. The topological polar surface area (TPSA) is 29.1 Å². The van der Waals surface area contributed by atoms with Gasteiger partial charge in [0.15, 0.2) is 0 Å². The van der Waals surface area contributed by atoms with E-state index in [-0.39, 0.29) is 11.9 Å². The first-order valence-corrected chi connectivity index (χ1v) is 5.04. The molecule has 1 aromatic carbocycles. The van der Waals surface area contributed by atoms with Crippen LogP contribution in [-0.4, -0.2) is 11.3 Å². The van der Waals surface area contributed by atoms with Crippen molar-refractivity contribution in [3.63, 3.8) is 0 Å². The van der Waals surface area contributed by atoms with E-state index in [4.69, 9.17) is 11.6 Å². The molecule has 0 saturated heterocycles. The van der Waals surface area contributed by atoms with E-state index in [0.717, 1.165) is 5.56 Å². The fraction of sp³-hybridized carbons (Fsp3) is 0.364. The molecule has 1 aromatic rings. The summed E-state index contributed by atoms with van der Waals surface area (Å²) in [5.74, 6) is -0.136. The average molecular weight is 212 g/mol. The molecular weight excluding hydrogens is 198 g/mol. The first-order valence-electron chi connectivity index (χ1n) is 4.60. The third kappa shape index (κ3) is 3.04. The Bertz CT molecular complexity index is 297. The van der Waals surface area contributed by atoms with E-state index in [1.807, 2.05) is 37.3 Å². The summed E-state index contributed by atoms with van der Waals surface area (Å²) in [4.78, 5) is 11.3. The number of carbonyl (C=O) groups excluding carboxylic acids is 1. The molecule has 0 aliphatic heterocycles. The lowest BCUT2D eigenvalue weighted by Crippen LogP contribution is -2.31. The van der Waals surface area contributed by atoms with Crippen molar-refractivity contribution in [2.24, 2.45) is 0 Å². The van der Waals surface area contributed by atoms with Gasteiger partial charge in [0.1, 0.15) is 5.38 Å². The summed E-state index contributed by atoms with van der Waals surface area (Å²) < 4.78 is 0. The number of alkyl halides is 1. The van der Waals surface area contributed by atoms with E-state index < -0.39 is 5.38 Å². The van der Waals surface area contributed by atoms with Crippen molar-refractivity contribution in [1.29, 1.82) is 0 Å². The van der Waals surface area contributed by atoms with Crippen LogP contribution in [-0.2, 0) is 4.79 Å². The lowest BCUT2D eigenvalue weighted by molar-refractivity contribution is -0.121. The van der Waals surface area contributed by atoms with Gasteiger partial charge in [-0.1, -0.05) is 30.3 Å². The fourth-order valence-corrected chi connectivity index (χ4v) is 1.22. The van der Waals surface area contributed by atoms with Crippen LogP contribution in [0.4, 0.5) is 0 Å². The van der Waals surface area contributed by atoms with Crippen molar-refractivity contribution in [1.82, 2.24) is 5.32 Å². The Morgan fingerprint density at radius 1 is 1.29 bits per heavy atom. The van der Waals surface area contributed by atoms with E-state index in [2.05, 4.69) is 5.32 Å². The molecule has 2 unspecified atom stereocenters. The van der Waals surface area contributed by atoms with E-state index in [1.165, 1.54) is 0 Å². The zero-order valence-corrected chi connectivity index (χ0v) is 9.08. The first-order chi connectivity index (χ1) is 6.61. The van der Waals surface area contributed by atoms with Crippen molar-refractivity contribution >= 4 is 17.5 Å². The third-order valence-corrected chi connectivity index (χ3v) is 2.22. The molecule has 0 aromatic heterocycles. The van der Waals surface area contributed by atoms with Gasteiger partial charge < -0.3 is 5.32 Å². The van der Waals surface area contributed by atoms with Gasteiger partial charge in [-0.15, -0.1) is 11.6 Å². The molecule has 0 spiro atoms. The molecule has 3 heteroatoms. The molecule has 14 heavy (non-hydrogen) atoms. The van der Waals surface area contributed by atoms with E-state index in [1.54, 1.807) is 6.92 Å². The third-order valence-electron chi connectivity index (χ3n) is 2.02. The minimum atomic E-state index is -0.485. The largest absolute Gasteiger partial charge is 0.348 e. The minimum absolute atomic E-state index is 0.00454. The first kappa shape index (κ1) is 11.1. The van der Waals surface area contributed by atoms with Crippen LogP contribution in [0.2, 0.25) is 0 Å². The van der Waals surface area contributed by atoms with Gasteiger partial charge in [-0.05, 0) is 19.4 Å². The number of rotatable bonds is 3. The highest BCUT2D eigenvalue weighted by atomic mass is 35.5. The summed E-state index contributed by atoms with van der Waals surface area (Å²) in [6.07, 6.45) is 0. The molecule has 1 N–H and O–H groups in total. The zero-order valence-electron chi connectivity index (χ0n) is 8.33. The highest BCUT2D eigenvalue weighted by molar-refractivity contribution is 6.30. The number of nitrogens with one attached hydrogen (secondary N) is 1. The summed E-state index contributed by atoms with van der Waals surface area (Å²) in [6, 6.07) is 9.80. The summed E-state index contributed by atoms with van der Waals surface area (Å²) in [7, 11) is 0. The van der Waals surface area contributed by atoms with Crippen molar-refractivity contribution in [3.8, 4) is 0 Å². The molecule has 0 bridgehead atoms. The maximum absolute atomic E-state index is 11.3. The lowest BCUT2D eigenvalue weighted by atomic mass is 10.1. The van der Waals surface area contributed by atoms with Crippen molar-refractivity contribution < 1.29 is 4.79 Å². The Morgan fingerprint density at radius 2 is 1.86 bits per heavy atom. The SMILES string of the molecule is CC(Cl)C(=O)NC(C)c1ccccc1. The molecule has 1 amide bonds. The maximum atomic E-state index is 11.3. The van der Waals surface area contributed by atoms with Crippen LogP contribution in [0, 0.1) is 0 Å². The summed E-state index contributed by atoms with van der Waals surface area (Å²) in [5.41, 5.74) is 1.08. The molecule has 0 saturated carbocycles. The Labute approximate surface area is 89.3 Å². The molecule has 76 valence electrons. The average Bonchev–Trinajstić information content (AvgIpc) is 2.19. The Morgan fingerprint density at radius 3 is 2.36 bits per heavy atom. The molecule has 0 heterocycles. The number of hydrogen-bond acceptors (Lipinski definition) is 1. The molecule has 0 aliphatic rings. The highest BCUT2D eigenvalue weighted by Gasteiger charge is 2.12. The van der Waals surface area contributed by atoms with Crippen molar-refractivity contribution in [2.75, 3.05) is 0 Å². The molecule has 0 radical (unpaired) electrons. The predicted octanol–water partition coefficient (Wildman–Crippen LogP) is 2.49. The van der Waals surface area contributed by atoms with Crippen LogP contribution in [0.5, 0.6) is 0 Å². The fourth-order valence-electron chi connectivity index (χ4n) is 1.15. The Balaban J connectivity index is 2.59. The van der Waals surface area contributed by atoms with Crippen LogP contribution in [0.1, 0.15) is 25.5 Å². The minimum Gasteiger partial charge on any atom is -0.348 e. The number of halogens is 1. The summed E-state index contributed by atoms with van der Waals surface area (Å²) in [6.45, 7) is 3.60. The standard InChI is InChI=1S/C11H14ClNO/c1-8(12)11(14)13-9(2)10-6-4-3-5-7-10/h3-9H,1-2H3,(H,13,14). The van der Waals surface area contributed by atoms with Crippen LogP contribution in [0.3, 0.4) is 0 Å². The van der Waals surface area contributed by atoms with E-state index in [0.29, 0.717) is 0 Å². The van der Waals surface area contributed by atoms with Gasteiger partial charge in [0.2, 0.25) is 5.91 Å². The van der Waals surface area contributed by atoms with Gasteiger partial charge >= 0.3 is 0 Å². The van der Waals surface area contributed by atoms with E-state index >= 15 is 0 Å². The quantitative estimate of drug-likeness (QED) is 0.765. The monoisotopic (exact) mass is 211 g/mol. The van der Waals surface area contributed by atoms with Gasteiger partial charge in [-0.2, -0.15) is 0 Å². The van der Waals surface area contributed by atoms with Crippen molar-refractivity contribution in [3.05, 3.63) is 35.9 Å². The summed E-state index contributed by atoms with van der Waals surface area (Å²) >= 11 is 5.65. The van der Waals surface area contributed by atoms with Gasteiger partial charge in [0.25, 0.3) is 0 Å². The van der Waals surface area contributed by atoms with Gasteiger partial charge in [-0.25, -0.2) is 0 Å². The van der Waals surface area contributed by atoms with Gasteiger partial charge in [0.05, 0.1) is 6.04 Å². The normalized spacial score (nSPS) is 14.5. The van der Waals surface area contributed by atoms with Crippen LogP contribution < -0.4 is 5.32 Å². The van der Waals surface area contributed by atoms with Gasteiger partial charge in [0, 0.05) is 0 Å². The number of benzene rings is 1. The molecule has 2 atom stereocenters. The Kier molecular flexibility index (Phi) is 3.96. The highest BCUT2D eigenvalue weighted by Crippen LogP contribution is 2.11. The van der Waals surface area contributed by atoms with E-state index in [9.17, 15) is 4.79 Å². The van der Waals surface area contributed by atoms with Gasteiger partial charge in [-0.3, -0.25) is 4.79 Å². The molecule has 0 fully saturated rings. The lowest BCUT2D eigenvalue weighted by Gasteiger charge is -2.14. The molecule has 2 nitrogen and oxygen atoms in total. The molecular formula is C11H14ClNO. The van der Waals surface area contributed by atoms with Crippen LogP contribution >= 0.6 is 11.6 Å². The summed E-state index contributed by atoms with van der Waals surface area (Å²) in [5, 5.41) is 2.34. The second-order valence-electron chi connectivity index (χ2n) is 3.26.